The van der Waals surface area contributed by atoms with Crippen molar-refractivity contribution >= 4 is 10.0 Å². The van der Waals surface area contributed by atoms with Crippen LogP contribution in [0.3, 0.4) is 0 Å². The summed E-state index contributed by atoms with van der Waals surface area (Å²) in [6.45, 7) is 1.97. The van der Waals surface area contributed by atoms with Gasteiger partial charge in [0.15, 0.2) is 0 Å². The van der Waals surface area contributed by atoms with Gasteiger partial charge in [-0.15, -0.1) is 0 Å². The summed E-state index contributed by atoms with van der Waals surface area (Å²) in [6, 6.07) is 7.03. The second kappa shape index (κ2) is 6.24. The molecule has 0 aromatic heterocycles. The lowest BCUT2D eigenvalue weighted by Gasteiger charge is -2.34. The molecular weight excluding hydrogens is 274 g/mol. The molecule has 2 N–H and O–H groups in total. The molecule has 1 aromatic rings. The Bertz CT molecular complexity index is 531. The fourth-order valence-corrected chi connectivity index (χ4v) is 4.46. The van der Waals surface area contributed by atoms with Crippen molar-refractivity contribution in [3.63, 3.8) is 0 Å². The van der Waals surface area contributed by atoms with Crippen LogP contribution in [0.2, 0.25) is 0 Å². The molecule has 0 heterocycles. The number of sulfonamides is 1. The van der Waals surface area contributed by atoms with E-state index in [1.165, 1.54) is 6.42 Å². The third-order valence-electron chi connectivity index (χ3n) is 3.92. The summed E-state index contributed by atoms with van der Waals surface area (Å²) < 4.78 is 27.4. The second-order valence-electron chi connectivity index (χ2n) is 5.96. The highest BCUT2D eigenvalue weighted by atomic mass is 32.2. The highest BCUT2D eigenvalue weighted by molar-refractivity contribution is 7.88. The molecule has 20 heavy (non-hydrogen) atoms. The maximum atomic E-state index is 12.3. The molecule has 0 bridgehead atoms. The Kier molecular flexibility index (Phi) is 4.83. The first-order valence-electron chi connectivity index (χ1n) is 7.13. The summed E-state index contributed by atoms with van der Waals surface area (Å²) >= 11 is 0. The normalized spacial score (nSPS) is 18.9. The van der Waals surface area contributed by atoms with Crippen LogP contribution in [0.5, 0.6) is 0 Å². The zero-order valence-corrected chi connectivity index (χ0v) is 12.7. The molecule has 112 valence electrons. The van der Waals surface area contributed by atoms with Crippen LogP contribution < -0.4 is 4.72 Å². The average molecular weight is 297 g/mol. The van der Waals surface area contributed by atoms with E-state index < -0.39 is 10.0 Å². The van der Waals surface area contributed by atoms with Gasteiger partial charge in [0.25, 0.3) is 0 Å². The Labute approximate surface area is 121 Å². The predicted octanol–water partition coefficient (Wildman–Crippen LogP) is 2.32. The van der Waals surface area contributed by atoms with E-state index in [1.54, 1.807) is 24.3 Å². The monoisotopic (exact) mass is 297 g/mol. The number of nitrogens with one attached hydrogen (secondary N) is 1. The molecule has 4 nitrogen and oxygen atoms in total. The Morgan fingerprint density at radius 2 is 1.65 bits per heavy atom. The lowest BCUT2D eigenvalue weighted by atomic mass is 9.84. The second-order valence-corrected chi connectivity index (χ2v) is 7.68. The summed E-state index contributed by atoms with van der Waals surface area (Å²) in [6.07, 6.45) is 5.19. The molecule has 1 aliphatic carbocycles. The summed E-state index contributed by atoms with van der Waals surface area (Å²) in [5.41, 5.74) is 1.25. The van der Waals surface area contributed by atoms with E-state index >= 15 is 0 Å². The van der Waals surface area contributed by atoms with E-state index in [4.69, 9.17) is 5.11 Å². The minimum Gasteiger partial charge on any atom is -0.392 e. The van der Waals surface area contributed by atoms with Crippen LogP contribution in [-0.4, -0.2) is 19.1 Å². The topological polar surface area (TPSA) is 66.4 Å². The summed E-state index contributed by atoms with van der Waals surface area (Å²) in [5, 5.41) is 8.98. The molecule has 0 amide bonds. The molecule has 0 saturated heterocycles. The lowest BCUT2D eigenvalue weighted by molar-refractivity contribution is 0.282. The van der Waals surface area contributed by atoms with E-state index in [2.05, 4.69) is 4.72 Å². The molecule has 1 aromatic carbocycles. The molecule has 0 aliphatic heterocycles. The minimum atomic E-state index is -3.32. The molecular formula is C15H23NO3S. The van der Waals surface area contributed by atoms with Crippen LogP contribution in [0.15, 0.2) is 24.3 Å². The van der Waals surface area contributed by atoms with Gasteiger partial charge in [0, 0.05) is 5.54 Å². The summed E-state index contributed by atoms with van der Waals surface area (Å²) in [4.78, 5) is 0. The van der Waals surface area contributed by atoms with Crippen LogP contribution >= 0.6 is 0 Å². The number of hydrogen-bond donors (Lipinski definition) is 2. The van der Waals surface area contributed by atoms with Crippen molar-refractivity contribution in [1.29, 1.82) is 0 Å². The van der Waals surface area contributed by atoms with Crippen molar-refractivity contribution in [3.05, 3.63) is 35.4 Å². The van der Waals surface area contributed by atoms with Gasteiger partial charge in [0.2, 0.25) is 10.0 Å². The molecule has 1 saturated carbocycles. The Morgan fingerprint density at radius 1 is 1.10 bits per heavy atom. The fourth-order valence-electron chi connectivity index (χ4n) is 2.81. The van der Waals surface area contributed by atoms with Crippen molar-refractivity contribution in [2.45, 2.75) is 56.9 Å². The standard InChI is InChI=1S/C15H23NO3S/c1-15(9-3-2-4-10-15)16-20(18,19)12-14-7-5-13(11-17)6-8-14/h5-8,16-17H,2-4,9-12H2,1H3. The molecule has 0 radical (unpaired) electrons. The molecule has 0 unspecified atom stereocenters. The van der Waals surface area contributed by atoms with Gasteiger partial charge in [-0.1, -0.05) is 43.5 Å². The van der Waals surface area contributed by atoms with Crippen LogP contribution in [-0.2, 0) is 22.4 Å². The predicted molar refractivity (Wildman–Crippen MR) is 79.6 cm³/mol. The van der Waals surface area contributed by atoms with Crippen molar-refractivity contribution < 1.29 is 13.5 Å². The third-order valence-corrected chi connectivity index (χ3v) is 5.44. The number of aliphatic hydroxyl groups is 1. The zero-order chi connectivity index (χ0) is 14.6. The quantitative estimate of drug-likeness (QED) is 0.876. The largest absolute Gasteiger partial charge is 0.392 e. The van der Waals surface area contributed by atoms with Gasteiger partial charge in [0.1, 0.15) is 0 Å². The van der Waals surface area contributed by atoms with Crippen molar-refractivity contribution in [1.82, 2.24) is 4.72 Å². The lowest BCUT2D eigenvalue weighted by Crippen LogP contribution is -2.47. The smallest absolute Gasteiger partial charge is 0.216 e. The van der Waals surface area contributed by atoms with E-state index in [1.807, 2.05) is 6.92 Å². The van der Waals surface area contributed by atoms with Crippen LogP contribution in [0.25, 0.3) is 0 Å². The van der Waals surface area contributed by atoms with Gasteiger partial charge in [0.05, 0.1) is 12.4 Å². The molecule has 1 fully saturated rings. The molecule has 2 rings (SSSR count). The van der Waals surface area contributed by atoms with Crippen molar-refractivity contribution in [2.24, 2.45) is 0 Å². The highest BCUT2D eigenvalue weighted by Gasteiger charge is 2.31. The Balaban J connectivity index is 2.02. The Hall–Kier alpha value is -0.910. The van der Waals surface area contributed by atoms with E-state index in [-0.39, 0.29) is 17.9 Å². The number of aliphatic hydroxyl groups excluding tert-OH is 1. The highest BCUT2D eigenvalue weighted by Crippen LogP contribution is 2.28. The molecule has 0 atom stereocenters. The van der Waals surface area contributed by atoms with Crippen LogP contribution in [0.4, 0.5) is 0 Å². The number of hydrogen-bond acceptors (Lipinski definition) is 3. The zero-order valence-electron chi connectivity index (χ0n) is 11.9. The SMILES string of the molecule is CC1(NS(=O)(=O)Cc2ccc(CO)cc2)CCCCC1. The third kappa shape index (κ3) is 4.30. The first-order valence-corrected chi connectivity index (χ1v) is 8.78. The summed E-state index contributed by atoms with van der Waals surface area (Å²) in [7, 11) is -3.32. The van der Waals surface area contributed by atoms with Crippen LogP contribution in [0.1, 0.15) is 50.2 Å². The first-order chi connectivity index (χ1) is 9.42. The summed E-state index contributed by atoms with van der Waals surface area (Å²) in [5.74, 6) is -0.00566. The van der Waals surface area contributed by atoms with Gasteiger partial charge < -0.3 is 5.11 Å². The van der Waals surface area contributed by atoms with Crippen molar-refractivity contribution in [3.8, 4) is 0 Å². The fraction of sp³-hybridized carbons (Fsp3) is 0.600. The molecule has 5 heteroatoms. The molecule has 0 spiro atoms. The van der Waals surface area contributed by atoms with E-state index in [9.17, 15) is 8.42 Å². The van der Waals surface area contributed by atoms with Gasteiger partial charge in [-0.25, -0.2) is 13.1 Å². The maximum Gasteiger partial charge on any atom is 0.216 e. The van der Waals surface area contributed by atoms with Gasteiger partial charge in [-0.3, -0.25) is 0 Å². The van der Waals surface area contributed by atoms with E-state index in [0.29, 0.717) is 0 Å². The first kappa shape index (κ1) is 15.5. The average Bonchev–Trinajstić information content (AvgIpc) is 2.38. The van der Waals surface area contributed by atoms with Gasteiger partial charge >= 0.3 is 0 Å². The minimum absolute atomic E-state index is 0.00566. The Morgan fingerprint density at radius 3 is 2.20 bits per heavy atom. The van der Waals surface area contributed by atoms with Gasteiger partial charge in [-0.2, -0.15) is 0 Å². The van der Waals surface area contributed by atoms with E-state index in [0.717, 1.165) is 36.8 Å². The van der Waals surface area contributed by atoms with Gasteiger partial charge in [-0.05, 0) is 30.9 Å². The number of benzene rings is 1. The molecule has 1 aliphatic rings. The number of rotatable bonds is 5. The maximum absolute atomic E-state index is 12.3. The van der Waals surface area contributed by atoms with Crippen LogP contribution in [0, 0.1) is 0 Å². The van der Waals surface area contributed by atoms with Crippen molar-refractivity contribution in [2.75, 3.05) is 0 Å².